The fraction of sp³-hybridized carbons (Fsp3) is 0.765. The zero-order valence-electron chi connectivity index (χ0n) is 13.9. The van der Waals surface area contributed by atoms with Crippen LogP contribution >= 0.6 is 0 Å². The van der Waals surface area contributed by atoms with Gasteiger partial charge in [0.15, 0.2) is 0 Å². The highest BCUT2D eigenvalue weighted by atomic mass is 16.5. The number of ether oxygens (including phenoxy) is 1. The van der Waals surface area contributed by atoms with Crippen LogP contribution in [0.15, 0.2) is 16.7 Å². The van der Waals surface area contributed by atoms with Crippen LogP contribution in [0.1, 0.15) is 51.9 Å². The van der Waals surface area contributed by atoms with Gasteiger partial charge in [0, 0.05) is 37.3 Å². The molecule has 0 amide bonds. The molecule has 0 unspecified atom stereocenters. The van der Waals surface area contributed by atoms with Crippen LogP contribution in [0.25, 0.3) is 0 Å². The molecule has 1 fully saturated rings. The van der Waals surface area contributed by atoms with E-state index in [1.54, 1.807) is 0 Å². The summed E-state index contributed by atoms with van der Waals surface area (Å²) >= 11 is 0. The van der Waals surface area contributed by atoms with E-state index in [9.17, 15) is 0 Å². The second kappa shape index (κ2) is 7.43. The minimum atomic E-state index is 0.111. The Morgan fingerprint density at radius 2 is 2.05 bits per heavy atom. The van der Waals surface area contributed by atoms with Gasteiger partial charge in [-0.25, -0.2) is 0 Å². The van der Waals surface area contributed by atoms with Crippen molar-refractivity contribution in [1.29, 1.82) is 0 Å². The Morgan fingerprint density at radius 3 is 2.67 bits per heavy atom. The van der Waals surface area contributed by atoms with E-state index in [1.807, 2.05) is 6.26 Å². The van der Waals surface area contributed by atoms with Crippen LogP contribution in [0, 0.1) is 0 Å². The Morgan fingerprint density at radius 1 is 1.33 bits per heavy atom. The predicted molar refractivity (Wildman–Crippen MR) is 85.2 cm³/mol. The molecule has 1 aliphatic heterocycles. The Hall–Kier alpha value is -0.840. The Bertz CT molecular complexity index is 415. The van der Waals surface area contributed by atoms with Gasteiger partial charge < -0.3 is 14.5 Å². The third-order valence-corrected chi connectivity index (χ3v) is 3.95. The lowest BCUT2D eigenvalue weighted by molar-refractivity contribution is 0.0124. The van der Waals surface area contributed by atoms with Crippen molar-refractivity contribution in [2.45, 2.75) is 65.3 Å². The van der Waals surface area contributed by atoms with Crippen molar-refractivity contribution < 1.29 is 9.15 Å². The molecule has 21 heavy (non-hydrogen) atoms. The standard InChI is InChI=1S/C17H30N2O2/c1-5-20-15-6-9-19(10-7-15)13-14-8-11-21-16(14)12-18-17(2,3)4/h8,11,15,18H,5-7,9-10,12-13H2,1-4H3. The summed E-state index contributed by atoms with van der Waals surface area (Å²) in [5.74, 6) is 1.07. The van der Waals surface area contributed by atoms with Gasteiger partial charge in [-0.15, -0.1) is 0 Å². The molecular formula is C17H30N2O2. The van der Waals surface area contributed by atoms with E-state index in [-0.39, 0.29) is 5.54 Å². The molecule has 4 heteroatoms. The zero-order chi connectivity index (χ0) is 15.3. The average Bonchev–Trinajstić information content (AvgIpc) is 2.86. The first-order valence-corrected chi connectivity index (χ1v) is 8.12. The van der Waals surface area contributed by atoms with E-state index < -0.39 is 0 Å². The van der Waals surface area contributed by atoms with Crippen LogP contribution in [0.2, 0.25) is 0 Å². The molecule has 0 spiro atoms. The molecule has 0 atom stereocenters. The fourth-order valence-corrected chi connectivity index (χ4v) is 2.72. The molecule has 4 nitrogen and oxygen atoms in total. The molecule has 120 valence electrons. The number of nitrogens with zero attached hydrogens (tertiary/aromatic N) is 1. The topological polar surface area (TPSA) is 37.6 Å². The number of nitrogens with one attached hydrogen (secondary N) is 1. The van der Waals surface area contributed by atoms with Crippen LogP contribution in [0.5, 0.6) is 0 Å². The summed E-state index contributed by atoms with van der Waals surface area (Å²) in [4.78, 5) is 2.50. The number of likely N-dealkylation sites (tertiary alicyclic amines) is 1. The van der Waals surface area contributed by atoms with Crippen molar-refractivity contribution in [3.8, 4) is 0 Å². The monoisotopic (exact) mass is 294 g/mol. The summed E-state index contributed by atoms with van der Waals surface area (Å²) < 4.78 is 11.4. The summed E-state index contributed by atoms with van der Waals surface area (Å²) in [6.45, 7) is 13.4. The van der Waals surface area contributed by atoms with E-state index in [0.29, 0.717) is 6.10 Å². The van der Waals surface area contributed by atoms with Crippen LogP contribution in [0.4, 0.5) is 0 Å². The fourth-order valence-electron chi connectivity index (χ4n) is 2.72. The van der Waals surface area contributed by atoms with Gasteiger partial charge in [0.2, 0.25) is 0 Å². The second-order valence-corrected chi connectivity index (χ2v) is 6.90. The molecular weight excluding hydrogens is 264 g/mol. The zero-order valence-corrected chi connectivity index (χ0v) is 13.9. The van der Waals surface area contributed by atoms with Crippen molar-refractivity contribution in [3.05, 3.63) is 23.7 Å². The van der Waals surface area contributed by atoms with E-state index >= 15 is 0 Å². The summed E-state index contributed by atoms with van der Waals surface area (Å²) in [6, 6.07) is 2.11. The minimum absolute atomic E-state index is 0.111. The summed E-state index contributed by atoms with van der Waals surface area (Å²) in [6.07, 6.45) is 4.54. The number of piperidine rings is 1. The van der Waals surface area contributed by atoms with E-state index in [0.717, 1.165) is 51.4 Å². The SMILES string of the molecule is CCOC1CCN(Cc2ccoc2CNC(C)(C)C)CC1. The van der Waals surface area contributed by atoms with Gasteiger partial charge in [-0.3, -0.25) is 4.90 Å². The van der Waals surface area contributed by atoms with Crippen molar-refractivity contribution in [1.82, 2.24) is 10.2 Å². The maximum atomic E-state index is 5.71. The molecule has 1 N–H and O–H groups in total. The van der Waals surface area contributed by atoms with Crippen molar-refractivity contribution >= 4 is 0 Å². The van der Waals surface area contributed by atoms with Crippen molar-refractivity contribution in [2.24, 2.45) is 0 Å². The van der Waals surface area contributed by atoms with Gasteiger partial charge in [-0.1, -0.05) is 0 Å². The third-order valence-electron chi connectivity index (χ3n) is 3.95. The average molecular weight is 294 g/mol. The van der Waals surface area contributed by atoms with E-state index in [2.05, 4.69) is 44.0 Å². The maximum Gasteiger partial charge on any atom is 0.122 e. The first-order valence-electron chi connectivity index (χ1n) is 8.12. The van der Waals surface area contributed by atoms with Crippen LogP contribution in [-0.2, 0) is 17.8 Å². The van der Waals surface area contributed by atoms with Gasteiger partial charge >= 0.3 is 0 Å². The lowest BCUT2D eigenvalue weighted by Crippen LogP contribution is -2.37. The maximum absolute atomic E-state index is 5.71. The van der Waals surface area contributed by atoms with E-state index in [1.165, 1.54) is 5.56 Å². The second-order valence-electron chi connectivity index (χ2n) is 6.90. The Balaban J connectivity index is 1.83. The summed E-state index contributed by atoms with van der Waals surface area (Å²) in [7, 11) is 0. The lowest BCUT2D eigenvalue weighted by Gasteiger charge is -2.31. The van der Waals surface area contributed by atoms with Gasteiger partial charge in [0.05, 0.1) is 18.9 Å². The molecule has 1 aromatic rings. The molecule has 0 radical (unpaired) electrons. The van der Waals surface area contributed by atoms with Crippen molar-refractivity contribution in [2.75, 3.05) is 19.7 Å². The highest BCUT2D eigenvalue weighted by Gasteiger charge is 2.21. The van der Waals surface area contributed by atoms with Gasteiger partial charge in [-0.2, -0.15) is 0 Å². The third kappa shape index (κ3) is 5.46. The molecule has 1 aromatic heterocycles. The first-order chi connectivity index (χ1) is 9.98. The molecule has 1 saturated heterocycles. The van der Waals surface area contributed by atoms with Gasteiger partial charge in [0.25, 0.3) is 0 Å². The van der Waals surface area contributed by atoms with Crippen molar-refractivity contribution in [3.63, 3.8) is 0 Å². The normalized spacial score (nSPS) is 18.3. The van der Waals surface area contributed by atoms with Crippen LogP contribution < -0.4 is 5.32 Å². The number of furan rings is 1. The lowest BCUT2D eigenvalue weighted by atomic mass is 10.1. The largest absolute Gasteiger partial charge is 0.468 e. The highest BCUT2D eigenvalue weighted by molar-refractivity contribution is 5.17. The first kappa shape index (κ1) is 16.5. The Kier molecular flexibility index (Phi) is 5.85. The van der Waals surface area contributed by atoms with Crippen LogP contribution in [-0.4, -0.2) is 36.2 Å². The quantitative estimate of drug-likeness (QED) is 0.874. The summed E-state index contributed by atoms with van der Waals surface area (Å²) in [5, 5.41) is 3.49. The highest BCUT2D eigenvalue weighted by Crippen LogP contribution is 2.19. The predicted octanol–water partition coefficient (Wildman–Crippen LogP) is 3.17. The van der Waals surface area contributed by atoms with E-state index in [4.69, 9.17) is 9.15 Å². The van der Waals surface area contributed by atoms with Gasteiger partial charge in [-0.05, 0) is 46.6 Å². The summed E-state index contributed by atoms with van der Waals surface area (Å²) in [5.41, 5.74) is 1.42. The van der Waals surface area contributed by atoms with Crippen LogP contribution in [0.3, 0.4) is 0 Å². The molecule has 0 aromatic carbocycles. The molecule has 2 heterocycles. The molecule has 2 rings (SSSR count). The minimum Gasteiger partial charge on any atom is -0.468 e. The molecule has 1 aliphatic rings. The molecule has 0 saturated carbocycles. The smallest absolute Gasteiger partial charge is 0.122 e. The molecule has 0 bridgehead atoms. The van der Waals surface area contributed by atoms with Gasteiger partial charge in [0.1, 0.15) is 5.76 Å². The number of hydrogen-bond acceptors (Lipinski definition) is 4. The molecule has 0 aliphatic carbocycles. The Labute approximate surface area is 128 Å². The number of rotatable bonds is 6. The number of hydrogen-bond donors (Lipinski definition) is 1.